The first-order chi connectivity index (χ1) is 11.7. The average molecular weight is 388 g/mol. The molecule has 0 bridgehead atoms. The quantitative estimate of drug-likeness (QED) is 0.439. The molecule has 0 spiro atoms. The third-order valence-corrected chi connectivity index (χ3v) is 5.96. The van der Waals surface area contributed by atoms with E-state index in [1.54, 1.807) is 29.2 Å². The van der Waals surface area contributed by atoms with E-state index in [1.165, 1.54) is 0 Å². The maximum Gasteiger partial charge on any atom is 0.0999 e. The van der Waals surface area contributed by atoms with Gasteiger partial charge in [0.25, 0.3) is 0 Å². The zero-order valence-corrected chi connectivity index (χ0v) is 15.5. The topological polar surface area (TPSA) is 23.8 Å². The highest BCUT2D eigenvalue weighted by atomic mass is 35.5. The molecule has 1 heterocycles. The van der Waals surface area contributed by atoms with Gasteiger partial charge in [0.05, 0.1) is 15.9 Å². The van der Waals surface area contributed by atoms with Crippen LogP contribution in [0.4, 0.5) is 0 Å². The van der Waals surface area contributed by atoms with Crippen LogP contribution in [-0.2, 0) is 0 Å². The minimum Gasteiger partial charge on any atom is -0.192 e. The van der Waals surface area contributed by atoms with E-state index in [0.717, 1.165) is 24.6 Å². The van der Waals surface area contributed by atoms with Crippen molar-refractivity contribution in [2.45, 2.75) is 9.10 Å². The van der Waals surface area contributed by atoms with Crippen molar-refractivity contribution in [3.8, 4) is 6.07 Å². The lowest BCUT2D eigenvalue weighted by Crippen LogP contribution is -1.82. The minimum absolute atomic E-state index is 0.561. The van der Waals surface area contributed by atoms with Crippen molar-refractivity contribution in [3.05, 3.63) is 81.1 Å². The predicted octanol–water partition coefficient (Wildman–Crippen LogP) is 7.27. The van der Waals surface area contributed by atoms with Crippen LogP contribution in [0.5, 0.6) is 0 Å². The van der Waals surface area contributed by atoms with E-state index in [0.29, 0.717) is 10.6 Å². The van der Waals surface area contributed by atoms with Gasteiger partial charge in [0.15, 0.2) is 0 Å². The summed E-state index contributed by atoms with van der Waals surface area (Å²) in [4.78, 5) is 2.14. The van der Waals surface area contributed by atoms with Gasteiger partial charge < -0.3 is 0 Å². The Morgan fingerprint density at radius 3 is 2.46 bits per heavy atom. The second kappa shape index (κ2) is 7.92. The molecule has 5 heteroatoms. The summed E-state index contributed by atoms with van der Waals surface area (Å²) in [7, 11) is 0. The third kappa shape index (κ3) is 4.23. The van der Waals surface area contributed by atoms with Crippen molar-refractivity contribution >= 4 is 57.9 Å². The number of allylic oxidation sites excluding steroid dienone is 1. The molecule has 0 unspecified atom stereocenters. The van der Waals surface area contributed by atoms with Crippen molar-refractivity contribution in [1.29, 1.82) is 5.26 Å². The molecule has 0 amide bonds. The molecule has 2 aromatic carbocycles. The van der Waals surface area contributed by atoms with Gasteiger partial charge in [-0.15, -0.1) is 11.3 Å². The van der Waals surface area contributed by atoms with Gasteiger partial charge in [-0.25, -0.2) is 0 Å². The number of benzene rings is 2. The van der Waals surface area contributed by atoms with Crippen LogP contribution >= 0.6 is 46.3 Å². The third-order valence-electron chi connectivity index (χ3n) is 3.21. The largest absolute Gasteiger partial charge is 0.192 e. The molecule has 0 fully saturated rings. The minimum atomic E-state index is 0.561. The van der Waals surface area contributed by atoms with Crippen LogP contribution in [0.3, 0.4) is 0 Å². The summed E-state index contributed by atoms with van der Waals surface area (Å²) < 4.78 is 1.15. The fourth-order valence-corrected chi connectivity index (χ4v) is 4.51. The van der Waals surface area contributed by atoms with Crippen LogP contribution in [0.2, 0.25) is 10.0 Å². The van der Waals surface area contributed by atoms with Crippen LogP contribution in [-0.4, -0.2) is 0 Å². The summed E-state index contributed by atoms with van der Waals surface area (Å²) >= 11 is 15.4. The summed E-state index contributed by atoms with van der Waals surface area (Å²) in [5.74, 6) is 0. The Hall–Kier alpha value is -1.70. The fourth-order valence-electron chi connectivity index (χ4n) is 2.08. The standard InChI is InChI=1S/C19H11Cl2NS2/c20-14-5-7-15(8-6-14)23-19-10-9-16(24-19)11-13(12-22)17-3-1-2-4-18(17)21/h1-11H. The smallest absolute Gasteiger partial charge is 0.0999 e. The van der Waals surface area contributed by atoms with Crippen LogP contribution < -0.4 is 0 Å². The summed E-state index contributed by atoms with van der Waals surface area (Å²) in [6, 6.07) is 21.4. The van der Waals surface area contributed by atoms with E-state index in [2.05, 4.69) is 12.1 Å². The molecular formula is C19H11Cl2NS2. The Kier molecular flexibility index (Phi) is 5.65. The molecule has 1 aromatic heterocycles. The highest BCUT2D eigenvalue weighted by Gasteiger charge is 2.07. The van der Waals surface area contributed by atoms with E-state index >= 15 is 0 Å². The maximum absolute atomic E-state index is 9.44. The van der Waals surface area contributed by atoms with Crippen LogP contribution in [0, 0.1) is 11.3 Å². The normalized spacial score (nSPS) is 11.3. The zero-order chi connectivity index (χ0) is 16.9. The lowest BCUT2D eigenvalue weighted by molar-refractivity contribution is 1.46. The van der Waals surface area contributed by atoms with Gasteiger partial charge in [0.2, 0.25) is 0 Å². The molecule has 1 nitrogen and oxygen atoms in total. The summed E-state index contributed by atoms with van der Waals surface area (Å²) in [6.07, 6.45) is 1.87. The van der Waals surface area contributed by atoms with Gasteiger partial charge in [-0.3, -0.25) is 0 Å². The highest BCUT2D eigenvalue weighted by Crippen LogP contribution is 2.35. The molecule has 118 valence electrons. The van der Waals surface area contributed by atoms with Gasteiger partial charge in [0.1, 0.15) is 0 Å². The Morgan fingerprint density at radius 1 is 1.00 bits per heavy atom. The Balaban J connectivity index is 1.83. The molecular weight excluding hydrogens is 377 g/mol. The Bertz CT molecular complexity index is 921. The monoisotopic (exact) mass is 387 g/mol. The van der Waals surface area contributed by atoms with E-state index in [9.17, 15) is 5.26 Å². The molecule has 0 aliphatic carbocycles. The van der Waals surface area contributed by atoms with E-state index in [-0.39, 0.29) is 0 Å². The van der Waals surface area contributed by atoms with Crippen molar-refractivity contribution < 1.29 is 0 Å². The molecule has 0 saturated carbocycles. The molecule has 0 radical (unpaired) electrons. The first-order valence-electron chi connectivity index (χ1n) is 7.05. The van der Waals surface area contributed by atoms with E-state index < -0.39 is 0 Å². The number of thiophene rings is 1. The SMILES string of the molecule is N#CC(=Cc1ccc(Sc2ccc(Cl)cc2)s1)c1ccccc1Cl. The van der Waals surface area contributed by atoms with Gasteiger partial charge in [-0.05, 0) is 48.5 Å². The van der Waals surface area contributed by atoms with Crippen molar-refractivity contribution in [1.82, 2.24) is 0 Å². The van der Waals surface area contributed by atoms with E-state index in [1.807, 2.05) is 54.6 Å². The molecule has 0 aliphatic heterocycles. The molecule has 0 aliphatic rings. The Labute approximate surface area is 159 Å². The van der Waals surface area contributed by atoms with Crippen LogP contribution in [0.1, 0.15) is 10.4 Å². The average Bonchev–Trinajstić information content (AvgIpc) is 3.03. The lowest BCUT2D eigenvalue weighted by Gasteiger charge is -2.01. The van der Waals surface area contributed by atoms with E-state index in [4.69, 9.17) is 23.2 Å². The highest BCUT2D eigenvalue weighted by molar-refractivity contribution is 8.01. The Morgan fingerprint density at radius 2 is 1.75 bits per heavy atom. The summed E-state index contributed by atoms with van der Waals surface area (Å²) in [6.45, 7) is 0. The van der Waals surface area contributed by atoms with Gasteiger partial charge in [0, 0.05) is 25.4 Å². The maximum atomic E-state index is 9.44. The van der Waals surface area contributed by atoms with Crippen LogP contribution in [0.25, 0.3) is 11.6 Å². The molecule has 0 saturated heterocycles. The molecule has 0 atom stereocenters. The van der Waals surface area contributed by atoms with Crippen molar-refractivity contribution in [3.63, 3.8) is 0 Å². The second-order valence-corrected chi connectivity index (χ2v) is 8.20. The molecule has 0 N–H and O–H groups in total. The molecule has 3 aromatic rings. The molecule has 24 heavy (non-hydrogen) atoms. The van der Waals surface area contributed by atoms with Crippen LogP contribution in [0.15, 0.2) is 69.8 Å². The molecule has 3 rings (SSSR count). The van der Waals surface area contributed by atoms with Crippen molar-refractivity contribution in [2.24, 2.45) is 0 Å². The zero-order valence-electron chi connectivity index (χ0n) is 12.4. The fraction of sp³-hybridized carbons (Fsp3) is 0. The lowest BCUT2D eigenvalue weighted by atomic mass is 10.1. The number of hydrogen-bond donors (Lipinski definition) is 0. The number of rotatable bonds is 4. The summed E-state index contributed by atoms with van der Waals surface area (Å²) in [5, 5.41) is 10.8. The van der Waals surface area contributed by atoms with Gasteiger partial charge in [-0.1, -0.05) is 53.2 Å². The first kappa shape index (κ1) is 17.1. The number of nitriles is 1. The van der Waals surface area contributed by atoms with Gasteiger partial charge in [-0.2, -0.15) is 5.26 Å². The number of hydrogen-bond acceptors (Lipinski definition) is 3. The number of halogens is 2. The number of nitrogens with zero attached hydrogens (tertiary/aromatic N) is 1. The summed E-state index contributed by atoms with van der Waals surface area (Å²) in [5.41, 5.74) is 1.31. The first-order valence-corrected chi connectivity index (χ1v) is 9.44. The second-order valence-electron chi connectivity index (χ2n) is 4.86. The van der Waals surface area contributed by atoms with Gasteiger partial charge >= 0.3 is 0 Å². The van der Waals surface area contributed by atoms with Crippen molar-refractivity contribution in [2.75, 3.05) is 0 Å². The predicted molar refractivity (Wildman–Crippen MR) is 105 cm³/mol.